The number of halogens is 3. The number of hydrogen-bond donors (Lipinski definition) is 1. The highest BCUT2D eigenvalue weighted by Crippen LogP contribution is 2.37. The summed E-state index contributed by atoms with van der Waals surface area (Å²) < 4.78 is 40.2. The number of rotatable bonds is 4. The molecular formula is C26H30F3N5. The number of piperidine rings is 1. The van der Waals surface area contributed by atoms with Crippen LogP contribution in [0.2, 0.25) is 0 Å². The zero-order valence-corrected chi connectivity index (χ0v) is 19.7. The highest BCUT2D eigenvalue weighted by molar-refractivity contribution is 5.93. The maximum absolute atomic E-state index is 13.4. The largest absolute Gasteiger partial charge is 0.416 e. The van der Waals surface area contributed by atoms with Crippen molar-refractivity contribution in [1.29, 1.82) is 0 Å². The summed E-state index contributed by atoms with van der Waals surface area (Å²) in [6, 6.07) is 10.8. The first kappa shape index (κ1) is 22.9. The quantitative estimate of drug-likeness (QED) is 0.534. The van der Waals surface area contributed by atoms with Crippen LogP contribution < -0.4 is 10.2 Å². The molecule has 5 rings (SSSR count). The van der Waals surface area contributed by atoms with Crippen molar-refractivity contribution in [3.05, 3.63) is 59.3 Å². The number of likely N-dealkylation sites (N-methyl/N-ethyl adjacent to an activating group) is 1. The second-order valence-corrected chi connectivity index (χ2v) is 9.68. The van der Waals surface area contributed by atoms with E-state index in [0.717, 1.165) is 48.1 Å². The van der Waals surface area contributed by atoms with Gasteiger partial charge in [-0.05, 0) is 75.5 Å². The predicted octanol–water partition coefficient (Wildman–Crippen LogP) is 5.66. The van der Waals surface area contributed by atoms with Crippen LogP contribution in [0.15, 0.2) is 42.6 Å². The lowest BCUT2D eigenvalue weighted by molar-refractivity contribution is -0.138. The van der Waals surface area contributed by atoms with Gasteiger partial charge in [0, 0.05) is 35.6 Å². The summed E-state index contributed by atoms with van der Waals surface area (Å²) in [6.07, 6.45) is -0.182. The van der Waals surface area contributed by atoms with Crippen LogP contribution >= 0.6 is 0 Å². The topological polar surface area (TPSA) is 44.3 Å². The van der Waals surface area contributed by atoms with E-state index in [1.807, 2.05) is 6.92 Å². The van der Waals surface area contributed by atoms with Crippen LogP contribution in [0.1, 0.15) is 42.5 Å². The zero-order chi connectivity index (χ0) is 24.0. The second-order valence-electron chi connectivity index (χ2n) is 9.68. The minimum atomic E-state index is -4.38. The van der Waals surface area contributed by atoms with Crippen molar-refractivity contribution in [3.63, 3.8) is 0 Å². The molecule has 1 aromatic heterocycles. The summed E-state index contributed by atoms with van der Waals surface area (Å²) in [5.74, 6) is 1.36. The van der Waals surface area contributed by atoms with Crippen molar-refractivity contribution in [3.8, 4) is 0 Å². The van der Waals surface area contributed by atoms with Gasteiger partial charge in [0.15, 0.2) is 5.82 Å². The number of nitrogens with one attached hydrogen (secondary N) is 1. The maximum atomic E-state index is 13.4. The first-order valence-electron chi connectivity index (χ1n) is 11.9. The normalized spacial score (nSPS) is 22.1. The fourth-order valence-electron chi connectivity index (χ4n) is 5.67. The molecule has 3 aromatic rings. The van der Waals surface area contributed by atoms with E-state index < -0.39 is 11.7 Å². The van der Waals surface area contributed by atoms with Gasteiger partial charge < -0.3 is 15.1 Å². The van der Waals surface area contributed by atoms with E-state index in [-0.39, 0.29) is 11.6 Å². The number of fused-ring (bicyclic) bond motifs is 2. The molecule has 2 aliphatic heterocycles. The van der Waals surface area contributed by atoms with E-state index in [1.165, 1.54) is 25.8 Å². The molecule has 0 bridgehead atoms. The third-order valence-corrected chi connectivity index (χ3v) is 7.65. The minimum absolute atomic E-state index is 0.229. The van der Waals surface area contributed by atoms with Gasteiger partial charge in [0.05, 0.1) is 17.8 Å². The van der Waals surface area contributed by atoms with Crippen LogP contribution in [0, 0.1) is 12.8 Å². The summed E-state index contributed by atoms with van der Waals surface area (Å²) >= 11 is 0. The fraction of sp³-hybridized carbons (Fsp3) is 0.462. The van der Waals surface area contributed by atoms with Crippen LogP contribution in [0.5, 0.6) is 0 Å². The van der Waals surface area contributed by atoms with Crippen LogP contribution in [0.4, 0.5) is 24.7 Å². The Morgan fingerprint density at radius 2 is 1.91 bits per heavy atom. The van der Waals surface area contributed by atoms with E-state index in [2.05, 4.69) is 50.6 Å². The van der Waals surface area contributed by atoms with Crippen molar-refractivity contribution >= 4 is 22.3 Å². The summed E-state index contributed by atoms with van der Waals surface area (Å²) in [7, 11) is 2.21. The van der Waals surface area contributed by atoms with Gasteiger partial charge in [-0.15, -0.1) is 5.10 Å². The van der Waals surface area contributed by atoms with Gasteiger partial charge in [0.25, 0.3) is 0 Å². The van der Waals surface area contributed by atoms with Gasteiger partial charge in [-0.2, -0.15) is 18.3 Å². The summed E-state index contributed by atoms with van der Waals surface area (Å²) in [5, 5.41) is 13.6. The zero-order valence-electron chi connectivity index (χ0n) is 19.7. The molecule has 0 aliphatic carbocycles. The molecule has 3 unspecified atom stereocenters. The Balaban J connectivity index is 1.43. The Morgan fingerprint density at radius 3 is 2.71 bits per heavy atom. The van der Waals surface area contributed by atoms with E-state index in [0.29, 0.717) is 17.4 Å². The van der Waals surface area contributed by atoms with Gasteiger partial charge in [0.2, 0.25) is 0 Å². The SMILES string of the molecule is Cc1c(C(C)Nc2nncc3ccc(N4CCC5CCN(C)C5C4)cc23)cccc1C(F)(F)F. The van der Waals surface area contributed by atoms with Crippen molar-refractivity contribution in [2.45, 2.75) is 44.9 Å². The van der Waals surface area contributed by atoms with Gasteiger partial charge in [0.1, 0.15) is 0 Å². The van der Waals surface area contributed by atoms with Gasteiger partial charge in [-0.1, -0.05) is 18.2 Å². The molecule has 3 atom stereocenters. The molecule has 2 saturated heterocycles. The van der Waals surface area contributed by atoms with E-state index in [1.54, 1.807) is 12.3 Å². The fourth-order valence-corrected chi connectivity index (χ4v) is 5.67. The molecular weight excluding hydrogens is 439 g/mol. The Bertz CT molecular complexity index is 1190. The molecule has 3 heterocycles. The Hall–Kier alpha value is -2.87. The minimum Gasteiger partial charge on any atom is -0.370 e. The third kappa shape index (κ3) is 4.19. The third-order valence-electron chi connectivity index (χ3n) is 7.65. The first-order chi connectivity index (χ1) is 16.2. The van der Waals surface area contributed by atoms with Gasteiger partial charge in [-0.25, -0.2) is 0 Å². The Labute approximate surface area is 198 Å². The average molecular weight is 470 g/mol. The summed E-state index contributed by atoms with van der Waals surface area (Å²) in [4.78, 5) is 4.91. The van der Waals surface area contributed by atoms with Crippen LogP contribution in [0.25, 0.3) is 10.8 Å². The lowest BCUT2D eigenvalue weighted by Crippen LogP contribution is -2.47. The van der Waals surface area contributed by atoms with Crippen LogP contribution in [-0.4, -0.2) is 47.8 Å². The molecule has 5 nitrogen and oxygen atoms in total. The molecule has 0 radical (unpaired) electrons. The molecule has 2 fully saturated rings. The Kier molecular flexibility index (Phi) is 5.88. The maximum Gasteiger partial charge on any atom is 0.416 e. The monoisotopic (exact) mass is 469 g/mol. The van der Waals surface area contributed by atoms with Crippen molar-refractivity contribution < 1.29 is 13.2 Å². The highest BCUT2D eigenvalue weighted by Gasteiger charge is 2.36. The lowest BCUT2D eigenvalue weighted by atomic mass is 9.92. The standard InChI is InChI=1S/C26H30F3N5/c1-16-21(5-4-6-23(16)26(27,28)29)17(2)31-25-22-13-20(8-7-19(22)14-30-32-25)34-12-10-18-9-11-33(3)24(18)15-34/h4-8,13-14,17-18,24H,9-12,15H2,1-3H3,(H,31,32). The molecule has 0 spiro atoms. The van der Waals surface area contributed by atoms with E-state index in [9.17, 15) is 13.2 Å². The first-order valence-corrected chi connectivity index (χ1v) is 11.9. The van der Waals surface area contributed by atoms with Crippen molar-refractivity contribution in [1.82, 2.24) is 15.1 Å². The number of aromatic nitrogens is 2. The molecule has 0 amide bonds. The average Bonchev–Trinajstić information content (AvgIpc) is 3.18. The van der Waals surface area contributed by atoms with Crippen molar-refractivity contribution in [2.24, 2.45) is 5.92 Å². The smallest absolute Gasteiger partial charge is 0.370 e. The molecule has 0 saturated carbocycles. The number of anilines is 2. The lowest BCUT2D eigenvalue weighted by Gasteiger charge is -2.38. The highest BCUT2D eigenvalue weighted by atomic mass is 19.4. The van der Waals surface area contributed by atoms with Crippen LogP contribution in [-0.2, 0) is 6.18 Å². The number of nitrogens with zero attached hydrogens (tertiary/aromatic N) is 4. The number of hydrogen-bond acceptors (Lipinski definition) is 5. The van der Waals surface area contributed by atoms with Crippen LogP contribution in [0.3, 0.4) is 0 Å². The number of likely N-dealkylation sites (tertiary alicyclic amines) is 1. The molecule has 8 heteroatoms. The molecule has 2 aliphatic rings. The predicted molar refractivity (Wildman–Crippen MR) is 129 cm³/mol. The van der Waals surface area contributed by atoms with Crippen molar-refractivity contribution in [2.75, 3.05) is 36.9 Å². The number of alkyl halides is 3. The summed E-state index contributed by atoms with van der Waals surface area (Å²) in [6.45, 7) is 6.58. The van der Waals surface area contributed by atoms with Gasteiger partial charge in [-0.3, -0.25) is 0 Å². The molecule has 2 aromatic carbocycles. The van der Waals surface area contributed by atoms with E-state index in [4.69, 9.17) is 0 Å². The Morgan fingerprint density at radius 1 is 1.12 bits per heavy atom. The molecule has 1 N–H and O–H groups in total. The molecule has 180 valence electrons. The van der Waals surface area contributed by atoms with Gasteiger partial charge >= 0.3 is 6.18 Å². The summed E-state index contributed by atoms with van der Waals surface area (Å²) in [5.41, 5.74) is 1.36. The second kappa shape index (κ2) is 8.73. The van der Waals surface area contributed by atoms with E-state index >= 15 is 0 Å². The molecule has 34 heavy (non-hydrogen) atoms. The number of benzene rings is 2.